The third-order valence-corrected chi connectivity index (χ3v) is 1.40. The second kappa shape index (κ2) is 6.13. The number of hydrogen-bond donors (Lipinski definition) is 3. The van der Waals surface area contributed by atoms with Crippen LogP contribution in [0.4, 0.5) is 0 Å². The molecule has 6 nitrogen and oxygen atoms in total. The minimum absolute atomic E-state index is 0.0652. The molecule has 0 rings (SSSR count). The number of aldehydes is 1. The van der Waals surface area contributed by atoms with Crippen molar-refractivity contribution in [2.45, 2.75) is 18.9 Å². The summed E-state index contributed by atoms with van der Waals surface area (Å²) in [5.74, 6) is -0.952. The lowest BCUT2D eigenvalue weighted by Crippen LogP contribution is -2.41. The van der Waals surface area contributed by atoms with Crippen LogP contribution >= 0.6 is 0 Å². The zero-order chi connectivity index (χ0) is 10.3. The van der Waals surface area contributed by atoms with Gasteiger partial charge in [-0.1, -0.05) is 0 Å². The molecule has 0 heterocycles. The predicted molar refractivity (Wildman–Crippen MR) is 45.5 cm³/mol. The van der Waals surface area contributed by atoms with Crippen LogP contribution in [0.2, 0.25) is 0 Å². The van der Waals surface area contributed by atoms with Gasteiger partial charge in [-0.05, 0) is 6.42 Å². The van der Waals surface area contributed by atoms with E-state index >= 15 is 0 Å². The van der Waals surface area contributed by atoms with E-state index in [1.165, 1.54) is 0 Å². The van der Waals surface area contributed by atoms with Crippen LogP contribution in [0.3, 0.4) is 0 Å². The van der Waals surface area contributed by atoms with Crippen LogP contribution in [0.15, 0.2) is 0 Å². The largest absolute Gasteiger partial charge is 0.370 e. The average molecular weight is 187 g/mol. The SMILES string of the molecule is NC(=O)CC[C@H](N)C(=O)NCC=O. The van der Waals surface area contributed by atoms with Crippen molar-refractivity contribution in [2.75, 3.05) is 6.54 Å². The van der Waals surface area contributed by atoms with Crippen LogP contribution in [0.5, 0.6) is 0 Å². The highest BCUT2D eigenvalue weighted by atomic mass is 16.2. The smallest absolute Gasteiger partial charge is 0.237 e. The molecular formula is C7H13N3O3. The molecule has 0 aromatic carbocycles. The number of rotatable bonds is 6. The van der Waals surface area contributed by atoms with Crippen molar-refractivity contribution < 1.29 is 14.4 Å². The third-order valence-electron chi connectivity index (χ3n) is 1.40. The number of hydrogen-bond acceptors (Lipinski definition) is 4. The van der Waals surface area contributed by atoms with Crippen molar-refractivity contribution in [3.05, 3.63) is 0 Å². The second-order valence-electron chi connectivity index (χ2n) is 2.52. The first-order chi connectivity index (χ1) is 6.07. The van der Waals surface area contributed by atoms with Crippen LogP contribution in [-0.4, -0.2) is 30.7 Å². The van der Waals surface area contributed by atoms with Gasteiger partial charge >= 0.3 is 0 Å². The van der Waals surface area contributed by atoms with Crippen molar-refractivity contribution in [3.63, 3.8) is 0 Å². The van der Waals surface area contributed by atoms with Gasteiger partial charge < -0.3 is 21.6 Å². The standard InChI is InChI=1S/C7H13N3O3/c8-5(1-2-6(9)12)7(13)10-3-4-11/h4-5H,1-3,8H2,(H2,9,12)(H,10,13)/t5-/m0/s1. The Morgan fingerprint density at radius 1 is 1.46 bits per heavy atom. The quantitative estimate of drug-likeness (QED) is 0.413. The number of carbonyl (C=O) groups is 3. The average Bonchev–Trinajstić information content (AvgIpc) is 2.10. The number of nitrogens with one attached hydrogen (secondary N) is 1. The molecule has 0 aromatic heterocycles. The normalized spacial score (nSPS) is 11.8. The summed E-state index contributed by atoms with van der Waals surface area (Å²) in [7, 11) is 0. The van der Waals surface area contributed by atoms with Crippen molar-refractivity contribution in [1.82, 2.24) is 5.32 Å². The minimum atomic E-state index is -0.785. The van der Waals surface area contributed by atoms with Gasteiger partial charge in [0.2, 0.25) is 11.8 Å². The van der Waals surface area contributed by atoms with Gasteiger partial charge in [-0.2, -0.15) is 0 Å². The van der Waals surface area contributed by atoms with Gasteiger partial charge in [0, 0.05) is 6.42 Å². The Kier molecular flexibility index (Phi) is 5.45. The molecule has 0 fully saturated rings. The maximum atomic E-state index is 11.0. The molecular weight excluding hydrogens is 174 g/mol. The van der Waals surface area contributed by atoms with E-state index in [-0.39, 0.29) is 19.4 Å². The summed E-state index contributed by atoms with van der Waals surface area (Å²) in [6.07, 6.45) is 0.814. The zero-order valence-corrected chi connectivity index (χ0v) is 7.16. The Balaban J connectivity index is 3.68. The van der Waals surface area contributed by atoms with Crippen LogP contribution in [0.1, 0.15) is 12.8 Å². The fourth-order valence-corrected chi connectivity index (χ4v) is 0.702. The molecule has 0 aliphatic rings. The fourth-order valence-electron chi connectivity index (χ4n) is 0.702. The summed E-state index contributed by atoms with van der Waals surface area (Å²) in [5.41, 5.74) is 10.2. The molecule has 0 aliphatic carbocycles. The Labute approximate surface area is 75.6 Å². The molecule has 0 saturated heterocycles. The molecule has 0 aliphatic heterocycles. The first kappa shape index (κ1) is 11.6. The lowest BCUT2D eigenvalue weighted by molar-refractivity contribution is -0.124. The maximum Gasteiger partial charge on any atom is 0.237 e. The second-order valence-corrected chi connectivity index (χ2v) is 2.52. The fraction of sp³-hybridized carbons (Fsp3) is 0.571. The lowest BCUT2D eigenvalue weighted by atomic mass is 10.1. The molecule has 13 heavy (non-hydrogen) atoms. The summed E-state index contributed by atoms with van der Waals surface area (Å²) in [4.78, 5) is 31.2. The summed E-state index contributed by atoms with van der Waals surface area (Å²) in [6, 6.07) is -0.785. The lowest BCUT2D eigenvalue weighted by Gasteiger charge is -2.08. The molecule has 0 aromatic rings. The van der Waals surface area contributed by atoms with Crippen LogP contribution in [-0.2, 0) is 14.4 Å². The number of nitrogens with two attached hydrogens (primary N) is 2. The summed E-state index contributed by atoms with van der Waals surface area (Å²) in [6.45, 7) is -0.0664. The Morgan fingerprint density at radius 2 is 2.08 bits per heavy atom. The predicted octanol–water partition coefficient (Wildman–Crippen LogP) is -2.11. The number of carbonyl (C=O) groups excluding carboxylic acids is 3. The molecule has 5 N–H and O–H groups in total. The molecule has 0 unspecified atom stereocenters. The van der Waals surface area contributed by atoms with E-state index in [1.807, 2.05) is 0 Å². The van der Waals surface area contributed by atoms with Crippen molar-refractivity contribution >= 4 is 18.1 Å². The van der Waals surface area contributed by atoms with Crippen molar-refractivity contribution in [1.29, 1.82) is 0 Å². The molecule has 1 atom stereocenters. The first-order valence-electron chi connectivity index (χ1n) is 3.83. The molecule has 6 heteroatoms. The summed E-state index contributed by atoms with van der Waals surface area (Å²) >= 11 is 0. The maximum absolute atomic E-state index is 11.0. The third kappa shape index (κ3) is 5.80. The first-order valence-corrected chi connectivity index (χ1v) is 3.83. The van der Waals surface area contributed by atoms with Gasteiger partial charge in [-0.25, -0.2) is 0 Å². The van der Waals surface area contributed by atoms with E-state index in [2.05, 4.69) is 5.32 Å². The van der Waals surface area contributed by atoms with Gasteiger partial charge in [0.1, 0.15) is 6.29 Å². The zero-order valence-electron chi connectivity index (χ0n) is 7.16. The van der Waals surface area contributed by atoms with Crippen molar-refractivity contribution in [2.24, 2.45) is 11.5 Å². The summed E-state index contributed by atoms with van der Waals surface area (Å²) in [5, 5.41) is 2.27. The number of primary amides is 1. The van der Waals surface area contributed by atoms with E-state index in [4.69, 9.17) is 11.5 Å². The van der Waals surface area contributed by atoms with E-state index in [0.29, 0.717) is 6.29 Å². The molecule has 0 radical (unpaired) electrons. The molecule has 0 bridgehead atoms. The van der Waals surface area contributed by atoms with Gasteiger partial charge in [0.05, 0.1) is 12.6 Å². The van der Waals surface area contributed by atoms with E-state index in [1.54, 1.807) is 0 Å². The van der Waals surface area contributed by atoms with Gasteiger partial charge in [-0.3, -0.25) is 9.59 Å². The van der Waals surface area contributed by atoms with E-state index < -0.39 is 17.9 Å². The Morgan fingerprint density at radius 3 is 2.54 bits per heavy atom. The highest BCUT2D eigenvalue weighted by Gasteiger charge is 2.12. The highest BCUT2D eigenvalue weighted by molar-refractivity contribution is 5.84. The van der Waals surface area contributed by atoms with Crippen LogP contribution in [0.25, 0.3) is 0 Å². The van der Waals surface area contributed by atoms with Crippen LogP contribution in [0, 0.1) is 0 Å². The van der Waals surface area contributed by atoms with Gasteiger partial charge in [0.25, 0.3) is 0 Å². The van der Waals surface area contributed by atoms with Crippen molar-refractivity contribution in [3.8, 4) is 0 Å². The monoisotopic (exact) mass is 187 g/mol. The molecule has 74 valence electrons. The minimum Gasteiger partial charge on any atom is -0.370 e. The molecule has 2 amide bonds. The van der Waals surface area contributed by atoms with E-state index in [9.17, 15) is 14.4 Å². The van der Waals surface area contributed by atoms with E-state index in [0.717, 1.165) is 0 Å². The highest BCUT2D eigenvalue weighted by Crippen LogP contribution is 1.92. The molecule has 0 saturated carbocycles. The van der Waals surface area contributed by atoms with Gasteiger partial charge in [0.15, 0.2) is 0 Å². The van der Waals surface area contributed by atoms with Crippen LogP contribution < -0.4 is 16.8 Å². The Bertz CT molecular complexity index is 205. The number of amides is 2. The summed E-state index contributed by atoms with van der Waals surface area (Å²) < 4.78 is 0. The Hall–Kier alpha value is -1.43. The van der Waals surface area contributed by atoms with Gasteiger partial charge in [-0.15, -0.1) is 0 Å². The molecule has 0 spiro atoms. The topological polar surface area (TPSA) is 115 Å².